The van der Waals surface area contributed by atoms with Gasteiger partial charge >= 0.3 is 0 Å². The van der Waals surface area contributed by atoms with E-state index in [1.807, 2.05) is 19.2 Å². The van der Waals surface area contributed by atoms with Gasteiger partial charge in [0.2, 0.25) is 0 Å². The van der Waals surface area contributed by atoms with Gasteiger partial charge in [-0.05, 0) is 37.4 Å². The molecule has 0 saturated carbocycles. The average molecular weight is 222 g/mol. The lowest BCUT2D eigenvalue weighted by Gasteiger charge is -2.23. The Bertz CT molecular complexity index is 285. The van der Waals surface area contributed by atoms with Crippen LogP contribution in [0.3, 0.4) is 0 Å². The van der Waals surface area contributed by atoms with E-state index in [9.17, 15) is 5.11 Å². The van der Waals surface area contributed by atoms with Crippen molar-refractivity contribution < 1.29 is 5.11 Å². The second-order valence-corrected chi connectivity index (χ2v) is 4.60. The van der Waals surface area contributed by atoms with Gasteiger partial charge in [0, 0.05) is 18.4 Å². The molecule has 2 atom stereocenters. The molecule has 2 unspecified atom stereocenters. The van der Waals surface area contributed by atoms with Crippen LogP contribution in [-0.4, -0.2) is 22.7 Å². The Morgan fingerprint density at radius 3 is 2.62 bits per heavy atom. The Hall–Kier alpha value is -0.930. The largest absolute Gasteiger partial charge is 0.393 e. The molecule has 0 aliphatic rings. The molecule has 16 heavy (non-hydrogen) atoms. The number of nitrogens with one attached hydrogen (secondary N) is 1. The molecular weight excluding hydrogens is 200 g/mol. The SMILES string of the molecule is CC(O)CCNC(c1cccnc1)C(C)C. The minimum Gasteiger partial charge on any atom is -0.393 e. The molecule has 0 fully saturated rings. The number of hydrogen-bond donors (Lipinski definition) is 2. The zero-order valence-electron chi connectivity index (χ0n) is 10.4. The smallest absolute Gasteiger partial charge is 0.0524 e. The fourth-order valence-electron chi connectivity index (χ4n) is 1.75. The van der Waals surface area contributed by atoms with Crippen LogP contribution in [0.15, 0.2) is 24.5 Å². The summed E-state index contributed by atoms with van der Waals surface area (Å²) >= 11 is 0. The molecule has 1 rings (SSSR count). The van der Waals surface area contributed by atoms with Crippen molar-refractivity contribution in [2.45, 2.75) is 39.3 Å². The monoisotopic (exact) mass is 222 g/mol. The van der Waals surface area contributed by atoms with Crippen molar-refractivity contribution in [3.8, 4) is 0 Å². The van der Waals surface area contributed by atoms with Gasteiger partial charge in [-0.15, -0.1) is 0 Å². The van der Waals surface area contributed by atoms with Crippen LogP contribution in [0.2, 0.25) is 0 Å². The van der Waals surface area contributed by atoms with E-state index in [-0.39, 0.29) is 6.10 Å². The third-order valence-electron chi connectivity index (χ3n) is 2.64. The van der Waals surface area contributed by atoms with Gasteiger partial charge < -0.3 is 10.4 Å². The quantitative estimate of drug-likeness (QED) is 0.775. The van der Waals surface area contributed by atoms with Gasteiger partial charge in [0.25, 0.3) is 0 Å². The van der Waals surface area contributed by atoms with Crippen LogP contribution >= 0.6 is 0 Å². The van der Waals surface area contributed by atoms with E-state index >= 15 is 0 Å². The van der Waals surface area contributed by atoms with Crippen molar-refractivity contribution in [1.82, 2.24) is 10.3 Å². The molecule has 0 radical (unpaired) electrons. The summed E-state index contributed by atoms with van der Waals surface area (Å²) in [4.78, 5) is 4.14. The Balaban J connectivity index is 2.55. The fourth-order valence-corrected chi connectivity index (χ4v) is 1.75. The summed E-state index contributed by atoms with van der Waals surface area (Å²) in [5.41, 5.74) is 1.21. The molecule has 3 heteroatoms. The van der Waals surface area contributed by atoms with E-state index in [1.54, 1.807) is 6.20 Å². The number of aliphatic hydroxyl groups excluding tert-OH is 1. The number of pyridine rings is 1. The fraction of sp³-hybridized carbons (Fsp3) is 0.615. The lowest BCUT2D eigenvalue weighted by atomic mass is 9.97. The number of nitrogens with zero attached hydrogens (tertiary/aromatic N) is 1. The molecule has 1 heterocycles. The number of aliphatic hydroxyl groups is 1. The highest BCUT2D eigenvalue weighted by atomic mass is 16.3. The number of rotatable bonds is 6. The van der Waals surface area contributed by atoms with E-state index in [4.69, 9.17) is 0 Å². The summed E-state index contributed by atoms with van der Waals surface area (Å²) in [6, 6.07) is 4.36. The van der Waals surface area contributed by atoms with Gasteiger partial charge in [-0.2, -0.15) is 0 Å². The molecule has 0 spiro atoms. The Morgan fingerprint density at radius 1 is 1.38 bits per heavy atom. The van der Waals surface area contributed by atoms with E-state index < -0.39 is 0 Å². The molecule has 0 aromatic carbocycles. The van der Waals surface area contributed by atoms with E-state index in [0.29, 0.717) is 12.0 Å². The maximum absolute atomic E-state index is 9.22. The minimum atomic E-state index is -0.241. The van der Waals surface area contributed by atoms with Crippen molar-refractivity contribution in [1.29, 1.82) is 0 Å². The van der Waals surface area contributed by atoms with Gasteiger partial charge in [0.15, 0.2) is 0 Å². The predicted molar refractivity (Wildman–Crippen MR) is 66.1 cm³/mol. The van der Waals surface area contributed by atoms with Gasteiger partial charge in [0.05, 0.1) is 6.10 Å². The predicted octanol–water partition coefficient (Wildman–Crippen LogP) is 2.14. The van der Waals surface area contributed by atoms with Crippen LogP contribution in [0.4, 0.5) is 0 Å². The van der Waals surface area contributed by atoms with Gasteiger partial charge in [-0.3, -0.25) is 4.98 Å². The summed E-state index contributed by atoms with van der Waals surface area (Å²) < 4.78 is 0. The second-order valence-electron chi connectivity index (χ2n) is 4.60. The highest BCUT2D eigenvalue weighted by Crippen LogP contribution is 2.20. The van der Waals surface area contributed by atoms with Crippen LogP contribution in [0, 0.1) is 5.92 Å². The summed E-state index contributed by atoms with van der Waals surface area (Å²) in [7, 11) is 0. The molecule has 0 amide bonds. The summed E-state index contributed by atoms with van der Waals surface area (Å²) in [6.45, 7) is 7.02. The minimum absolute atomic E-state index is 0.241. The van der Waals surface area contributed by atoms with Crippen LogP contribution in [0.25, 0.3) is 0 Å². The Kier molecular flexibility index (Phi) is 5.43. The molecule has 3 nitrogen and oxygen atoms in total. The Labute approximate surface area is 97.9 Å². The first-order chi connectivity index (χ1) is 7.61. The third kappa shape index (κ3) is 4.29. The molecule has 0 saturated heterocycles. The lowest BCUT2D eigenvalue weighted by molar-refractivity contribution is 0.180. The lowest BCUT2D eigenvalue weighted by Crippen LogP contribution is -2.28. The highest BCUT2D eigenvalue weighted by Gasteiger charge is 2.14. The number of aromatic nitrogens is 1. The maximum atomic E-state index is 9.22. The van der Waals surface area contributed by atoms with E-state index in [0.717, 1.165) is 13.0 Å². The van der Waals surface area contributed by atoms with Crippen LogP contribution in [0.5, 0.6) is 0 Å². The average Bonchev–Trinajstić information content (AvgIpc) is 2.25. The van der Waals surface area contributed by atoms with Crippen LogP contribution in [0.1, 0.15) is 38.8 Å². The second kappa shape index (κ2) is 6.61. The molecule has 2 N–H and O–H groups in total. The highest BCUT2D eigenvalue weighted by molar-refractivity contribution is 5.14. The first-order valence-electron chi connectivity index (χ1n) is 5.92. The van der Waals surface area contributed by atoms with Gasteiger partial charge in [-0.25, -0.2) is 0 Å². The molecule has 90 valence electrons. The molecular formula is C13H22N2O. The Morgan fingerprint density at radius 2 is 2.12 bits per heavy atom. The first-order valence-corrected chi connectivity index (χ1v) is 5.92. The molecule has 0 aliphatic carbocycles. The van der Waals surface area contributed by atoms with Crippen molar-refractivity contribution in [2.24, 2.45) is 5.92 Å². The van der Waals surface area contributed by atoms with Crippen LogP contribution in [-0.2, 0) is 0 Å². The van der Waals surface area contributed by atoms with Crippen LogP contribution < -0.4 is 5.32 Å². The number of hydrogen-bond acceptors (Lipinski definition) is 3. The molecule has 1 aromatic heterocycles. The van der Waals surface area contributed by atoms with Gasteiger partial charge in [0.1, 0.15) is 0 Å². The topological polar surface area (TPSA) is 45.1 Å². The normalized spacial score (nSPS) is 15.1. The van der Waals surface area contributed by atoms with Crippen molar-refractivity contribution in [2.75, 3.05) is 6.54 Å². The zero-order valence-corrected chi connectivity index (χ0v) is 10.4. The zero-order chi connectivity index (χ0) is 12.0. The van der Waals surface area contributed by atoms with Crippen molar-refractivity contribution in [3.63, 3.8) is 0 Å². The van der Waals surface area contributed by atoms with Gasteiger partial charge in [-0.1, -0.05) is 19.9 Å². The standard InChI is InChI=1S/C13H22N2O/c1-10(2)13(15-8-6-11(3)16)12-5-4-7-14-9-12/h4-5,7,9-11,13,15-16H,6,8H2,1-3H3. The summed E-state index contributed by atoms with van der Waals surface area (Å²) in [6.07, 6.45) is 4.23. The third-order valence-corrected chi connectivity index (χ3v) is 2.64. The van der Waals surface area contributed by atoms with Crippen molar-refractivity contribution >= 4 is 0 Å². The maximum Gasteiger partial charge on any atom is 0.0524 e. The molecule has 0 aliphatic heterocycles. The van der Waals surface area contributed by atoms with Crippen molar-refractivity contribution in [3.05, 3.63) is 30.1 Å². The summed E-state index contributed by atoms with van der Waals surface area (Å²) in [5.74, 6) is 0.512. The van der Waals surface area contributed by atoms with E-state index in [2.05, 4.69) is 30.2 Å². The first kappa shape index (κ1) is 13.1. The van der Waals surface area contributed by atoms with E-state index in [1.165, 1.54) is 5.56 Å². The molecule has 0 bridgehead atoms. The molecule has 1 aromatic rings. The summed E-state index contributed by atoms with van der Waals surface area (Å²) in [5, 5.41) is 12.7.